The third-order valence-corrected chi connectivity index (χ3v) is 7.20. The topological polar surface area (TPSA) is 36.7 Å². The summed E-state index contributed by atoms with van der Waals surface area (Å²) in [6, 6.07) is 11.0. The van der Waals surface area contributed by atoms with E-state index in [-0.39, 0.29) is 5.91 Å². The summed E-state index contributed by atoms with van der Waals surface area (Å²) in [5.41, 5.74) is 3.81. The van der Waals surface area contributed by atoms with E-state index in [0.717, 1.165) is 51.0 Å². The van der Waals surface area contributed by atoms with E-state index in [1.807, 2.05) is 13.0 Å². The summed E-state index contributed by atoms with van der Waals surface area (Å²) in [5, 5.41) is 0. The summed E-state index contributed by atoms with van der Waals surface area (Å²) in [6.07, 6.45) is 9.89. The number of furan rings is 1. The van der Waals surface area contributed by atoms with Gasteiger partial charge in [0.05, 0.1) is 6.26 Å². The smallest absolute Gasteiger partial charge is 0.290 e. The molecule has 4 nitrogen and oxygen atoms in total. The van der Waals surface area contributed by atoms with Gasteiger partial charge in [0.25, 0.3) is 5.91 Å². The van der Waals surface area contributed by atoms with Gasteiger partial charge in [0.15, 0.2) is 5.76 Å². The highest BCUT2D eigenvalue weighted by Gasteiger charge is 2.32. The second kappa shape index (κ2) is 9.82. The van der Waals surface area contributed by atoms with Crippen LogP contribution in [-0.2, 0) is 6.42 Å². The average molecular weight is 409 g/mol. The van der Waals surface area contributed by atoms with Crippen LogP contribution in [0.5, 0.6) is 0 Å². The number of rotatable bonds is 7. The average Bonchev–Trinajstić information content (AvgIpc) is 3.44. The molecule has 0 radical (unpaired) electrons. The highest BCUT2D eigenvalue weighted by atomic mass is 16.3. The van der Waals surface area contributed by atoms with Crippen LogP contribution >= 0.6 is 0 Å². The third-order valence-electron chi connectivity index (χ3n) is 7.20. The van der Waals surface area contributed by atoms with Gasteiger partial charge in [0, 0.05) is 24.7 Å². The lowest BCUT2D eigenvalue weighted by atomic mass is 9.94. The van der Waals surface area contributed by atoms with Gasteiger partial charge in [0.1, 0.15) is 0 Å². The van der Waals surface area contributed by atoms with Crippen LogP contribution in [-0.4, -0.2) is 47.9 Å². The maximum absolute atomic E-state index is 13.3. The zero-order chi connectivity index (χ0) is 20.9. The Balaban J connectivity index is 1.32. The summed E-state index contributed by atoms with van der Waals surface area (Å²) in [5.74, 6) is 1.24. The standard InChI is InChI=1S/C26H36N2O2/c1-20-7-3-4-8-23(20)13-17-27-15-11-22(12-16-27)19-28(24-9-5-6-10-24)26(29)25-21(2)14-18-30-25/h3-4,7-8,14,18,22,24H,5-6,9-13,15-17,19H2,1-2H3. The van der Waals surface area contributed by atoms with E-state index in [9.17, 15) is 4.79 Å². The van der Waals surface area contributed by atoms with E-state index in [2.05, 4.69) is 41.0 Å². The number of benzene rings is 1. The summed E-state index contributed by atoms with van der Waals surface area (Å²) in [4.78, 5) is 18.0. The fourth-order valence-corrected chi connectivity index (χ4v) is 5.18. The first kappa shape index (κ1) is 21.2. The van der Waals surface area contributed by atoms with Crippen LogP contribution in [0.25, 0.3) is 0 Å². The molecule has 30 heavy (non-hydrogen) atoms. The van der Waals surface area contributed by atoms with Crippen LogP contribution in [0.2, 0.25) is 0 Å². The van der Waals surface area contributed by atoms with E-state index in [4.69, 9.17) is 4.42 Å². The highest BCUT2D eigenvalue weighted by Crippen LogP contribution is 2.29. The first-order valence-electron chi connectivity index (χ1n) is 11.7. The minimum atomic E-state index is 0.103. The minimum absolute atomic E-state index is 0.103. The lowest BCUT2D eigenvalue weighted by Crippen LogP contribution is -2.45. The molecule has 1 saturated carbocycles. The van der Waals surface area contributed by atoms with Gasteiger partial charge in [-0.3, -0.25) is 4.79 Å². The molecule has 4 rings (SSSR count). The minimum Gasteiger partial charge on any atom is -0.459 e. The Morgan fingerprint density at radius 3 is 2.43 bits per heavy atom. The normalized spacial score (nSPS) is 18.7. The molecule has 1 saturated heterocycles. The molecule has 1 aromatic carbocycles. The molecular formula is C26H36N2O2. The first-order chi connectivity index (χ1) is 14.6. The summed E-state index contributed by atoms with van der Waals surface area (Å²) < 4.78 is 5.56. The predicted octanol–water partition coefficient (Wildman–Crippen LogP) is 5.24. The van der Waals surface area contributed by atoms with Gasteiger partial charge in [-0.1, -0.05) is 37.1 Å². The molecule has 1 aromatic heterocycles. The van der Waals surface area contributed by atoms with Gasteiger partial charge < -0.3 is 14.2 Å². The Labute approximate surface area is 181 Å². The van der Waals surface area contributed by atoms with Gasteiger partial charge in [0.2, 0.25) is 0 Å². The number of carbonyl (C=O) groups is 1. The van der Waals surface area contributed by atoms with E-state index in [1.54, 1.807) is 6.26 Å². The zero-order valence-electron chi connectivity index (χ0n) is 18.6. The van der Waals surface area contributed by atoms with Gasteiger partial charge in [-0.2, -0.15) is 0 Å². The van der Waals surface area contributed by atoms with Crippen LogP contribution in [0.1, 0.15) is 65.8 Å². The molecule has 0 bridgehead atoms. The third kappa shape index (κ3) is 4.97. The van der Waals surface area contributed by atoms with Gasteiger partial charge in [-0.25, -0.2) is 0 Å². The van der Waals surface area contributed by atoms with Crippen LogP contribution < -0.4 is 0 Å². The van der Waals surface area contributed by atoms with E-state index in [1.165, 1.54) is 36.8 Å². The summed E-state index contributed by atoms with van der Waals surface area (Å²) in [7, 11) is 0. The quantitative estimate of drug-likeness (QED) is 0.629. The molecule has 1 amide bonds. The van der Waals surface area contributed by atoms with E-state index < -0.39 is 0 Å². The van der Waals surface area contributed by atoms with Crippen LogP contribution in [0.15, 0.2) is 41.0 Å². The SMILES string of the molecule is Cc1ccccc1CCN1CCC(CN(C(=O)c2occc2C)C2CCCC2)CC1. The van der Waals surface area contributed by atoms with Crippen molar-refractivity contribution in [2.75, 3.05) is 26.2 Å². The Morgan fingerprint density at radius 2 is 1.77 bits per heavy atom. The van der Waals surface area contributed by atoms with Crippen molar-refractivity contribution in [3.63, 3.8) is 0 Å². The largest absolute Gasteiger partial charge is 0.459 e. The molecular weight excluding hydrogens is 372 g/mol. The zero-order valence-corrected chi connectivity index (χ0v) is 18.6. The van der Waals surface area contributed by atoms with E-state index >= 15 is 0 Å². The Morgan fingerprint density at radius 1 is 1.03 bits per heavy atom. The van der Waals surface area contributed by atoms with Crippen molar-refractivity contribution in [2.24, 2.45) is 5.92 Å². The van der Waals surface area contributed by atoms with Crippen molar-refractivity contribution in [2.45, 2.75) is 64.8 Å². The Hall–Kier alpha value is -2.07. The molecule has 4 heteroatoms. The van der Waals surface area contributed by atoms with Crippen molar-refractivity contribution in [1.29, 1.82) is 0 Å². The number of carbonyl (C=O) groups excluding carboxylic acids is 1. The molecule has 2 heterocycles. The second-order valence-corrected chi connectivity index (χ2v) is 9.29. The molecule has 0 spiro atoms. The van der Waals surface area contributed by atoms with Crippen LogP contribution in [0, 0.1) is 19.8 Å². The number of piperidine rings is 1. The molecule has 162 valence electrons. The molecule has 1 aliphatic heterocycles. The van der Waals surface area contributed by atoms with Crippen molar-refractivity contribution in [1.82, 2.24) is 9.80 Å². The van der Waals surface area contributed by atoms with E-state index in [0.29, 0.717) is 17.7 Å². The van der Waals surface area contributed by atoms with Crippen molar-refractivity contribution in [3.05, 3.63) is 59.0 Å². The van der Waals surface area contributed by atoms with Gasteiger partial charge in [-0.05, 0) is 82.2 Å². The Kier molecular flexibility index (Phi) is 6.93. The number of likely N-dealkylation sites (tertiary alicyclic amines) is 1. The molecule has 1 aliphatic carbocycles. The fourth-order valence-electron chi connectivity index (χ4n) is 5.18. The first-order valence-corrected chi connectivity index (χ1v) is 11.7. The predicted molar refractivity (Wildman–Crippen MR) is 121 cm³/mol. The fraction of sp³-hybridized carbons (Fsp3) is 0.577. The lowest BCUT2D eigenvalue weighted by Gasteiger charge is -2.37. The number of amides is 1. The number of hydrogen-bond acceptors (Lipinski definition) is 3. The molecule has 2 aliphatic rings. The molecule has 2 aromatic rings. The van der Waals surface area contributed by atoms with Crippen LogP contribution in [0.4, 0.5) is 0 Å². The number of aryl methyl sites for hydroxylation is 2. The molecule has 0 unspecified atom stereocenters. The van der Waals surface area contributed by atoms with Gasteiger partial charge >= 0.3 is 0 Å². The summed E-state index contributed by atoms with van der Waals surface area (Å²) in [6.45, 7) is 8.48. The molecule has 0 atom stereocenters. The van der Waals surface area contributed by atoms with Gasteiger partial charge in [-0.15, -0.1) is 0 Å². The molecule has 0 N–H and O–H groups in total. The monoisotopic (exact) mass is 408 g/mol. The Bertz CT molecular complexity index is 829. The maximum atomic E-state index is 13.3. The van der Waals surface area contributed by atoms with Crippen molar-refractivity contribution in [3.8, 4) is 0 Å². The highest BCUT2D eigenvalue weighted by molar-refractivity contribution is 5.93. The van der Waals surface area contributed by atoms with Crippen LogP contribution in [0.3, 0.4) is 0 Å². The maximum Gasteiger partial charge on any atom is 0.290 e. The molecule has 2 fully saturated rings. The summed E-state index contributed by atoms with van der Waals surface area (Å²) >= 11 is 0. The number of nitrogens with zero attached hydrogens (tertiary/aromatic N) is 2. The number of hydrogen-bond donors (Lipinski definition) is 0. The van der Waals surface area contributed by atoms with Crippen molar-refractivity contribution < 1.29 is 9.21 Å². The lowest BCUT2D eigenvalue weighted by molar-refractivity contribution is 0.0566. The second-order valence-electron chi connectivity index (χ2n) is 9.29. The van der Waals surface area contributed by atoms with Crippen molar-refractivity contribution >= 4 is 5.91 Å².